The van der Waals surface area contributed by atoms with Crippen molar-refractivity contribution < 1.29 is 14.3 Å². The van der Waals surface area contributed by atoms with Gasteiger partial charge in [0, 0.05) is 23.8 Å². The number of esters is 1. The summed E-state index contributed by atoms with van der Waals surface area (Å²) in [7, 11) is 0. The second-order valence-corrected chi connectivity index (χ2v) is 6.16. The first-order chi connectivity index (χ1) is 11.0. The third kappa shape index (κ3) is 4.86. The number of nitrogens with one attached hydrogen (secondary N) is 1. The molecular formula is C17H23ClN2O3. The minimum Gasteiger partial charge on any atom is -0.466 e. The van der Waals surface area contributed by atoms with Gasteiger partial charge in [0.2, 0.25) is 5.91 Å². The number of piperidine rings is 1. The van der Waals surface area contributed by atoms with Crippen LogP contribution in [0.4, 0.5) is 5.69 Å². The largest absolute Gasteiger partial charge is 0.466 e. The van der Waals surface area contributed by atoms with Crippen molar-refractivity contribution in [1.29, 1.82) is 0 Å². The van der Waals surface area contributed by atoms with Crippen LogP contribution in [0.1, 0.15) is 25.3 Å². The minimum atomic E-state index is -0.146. The molecule has 0 bridgehead atoms. The Morgan fingerprint density at radius 3 is 2.70 bits per heavy atom. The molecule has 0 spiro atoms. The standard InChI is InChI=1S/C17H23ClN2O3/c1-3-23-17(22)13-6-8-20(9-7-13)16(21)11-19-15-10-14(18)5-4-12(15)2/h4-5,10,13,19H,3,6-9,11H2,1-2H3. The lowest BCUT2D eigenvalue weighted by Crippen LogP contribution is -2.43. The second-order valence-electron chi connectivity index (χ2n) is 5.72. The summed E-state index contributed by atoms with van der Waals surface area (Å²) >= 11 is 5.97. The van der Waals surface area contributed by atoms with Crippen molar-refractivity contribution in [2.75, 3.05) is 31.6 Å². The number of amides is 1. The van der Waals surface area contributed by atoms with E-state index in [0.717, 1.165) is 11.3 Å². The zero-order valence-corrected chi connectivity index (χ0v) is 14.4. The third-order valence-electron chi connectivity index (χ3n) is 4.10. The van der Waals surface area contributed by atoms with Crippen molar-refractivity contribution in [2.45, 2.75) is 26.7 Å². The Labute approximate surface area is 141 Å². The van der Waals surface area contributed by atoms with E-state index in [1.165, 1.54) is 0 Å². The van der Waals surface area contributed by atoms with Crippen LogP contribution in [0.5, 0.6) is 0 Å². The van der Waals surface area contributed by atoms with Gasteiger partial charge in [0.25, 0.3) is 0 Å². The highest BCUT2D eigenvalue weighted by atomic mass is 35.5. The number of ether oxygens (including phenoxy) is 1. The van der Waals surface area contributed by atoms with Crippen LogP contribution in [-0.2, 0) is 14.3 Å². The second kappa shape index (κ2) is 8.20. The molecule has 1 aromatic carbocycles. The summed E-state index contributed by atoms with van der Waals surface area (Å²) < 4.78 is 5.04. The fraction of sp³-hybridized carbons (Fsp3) is 0.529. The van der Waals surface area contributed by atoms with E-state index >= 15 is 0 Å². The molecule has 0 radical (unpaired) electrons. The van der Waals surface area contributed by atoms with Crippen molar-refractivity contribution in [3.05, 3.63) is 28.8 Å². The minimum absolute atomic E-state index is 0.0340. The van der Waals surface area contributed by atoms with E-state index in [0.29, 0.717) is 37.6 Å². The number of benzene rings is 1. The number of anilines is 1. The van der Waals surface area contributed by atoms with Crippen LogP contribution < -0.4 is 5.32 Å². The van der Waals surface area contributed by atoms with Crippen molar-refractivity contribution in [2.24, 2.45) is 5.92 Å². The van der Waals surface area contributed by atoms with E-state index in [4.69, 9.17) is 16.3 Å². The number of hydrogen-bond acceptors (Lipinski definition) is 4. The van der Waals surface area contributed by atoms with Crippen molar-refractivity contribution >= 4 is 29.2 Å². The predicted molar refractivity (Wildman–Crippen MR) is 90.6 cm³/mol. The number of nitrogens with zero attached hydrogens (tertiary/aromatic N) is 1. The summed E-state index contributed by atoms with van der Waals surface area (Å²) in [6.45, 7) is 5.59. The summed E-state index contributed by atoms with van der Waals surface area (Å²) in [6, 6.07) is 5.56. The lowest BCUT2D eigenvalue weighted by molar-refractivity contribution is -0.151. The summed E-state index contributed by atoms with van der Waals surface area (Å²) in [4.78, 5) is 25.8. The topological polar surface area (TPSA) is 58.6 Å². The number of carbonyl (C=O) groups excluding carboxylic acids is 2. The SMILES string of the molecule is CCOC(=O)C1CCN(C(=O)CNc2cc(Cl)ccc2C)CC1. The molecule has 0 unspecified atom stereocenters. The quantitative estimate of drug-likeness (QED) is 0.839. The summed E-state index contributed by atoms with van der Waals surface area (Å²) in [5.41, 5.74) is 1.91. The fourth-order valence-electron chi connectivity index (χ4n) is 2.69. The van der Waals surface area contributed by atoms with Gasteiger partial charge >= 0.3 is 5.97 Å². The van der Waals surface area contributed by atoms with Crippen LogP contribution in [0, 0.1) is 12.8 Å². The molecule has 1 heterocycles. The average Bonchev–Trinajstić information content (AvgIpc) is 2.55. The molecule has 1 aliphatic rings. The summed E-state index contributed by atoms with van der Waals surface area (Å²) in [5, 5.41) is 3.78. The van der Waals surface area contributed by atoms with E-state index < -0.39 is 0 Å². The van der Waals surface area contributed by atoms with Gasteiger partial charge in [-0.1, -0.05) is 17.7 Å². The molecule has 1 amide bonds. The van der Waals surface area contributed by atoms with Crippen molar-refractivity contribution in [3.63, 3.8) is 0 Å². The lowest BCUT2D eigenvalue weighted by atomic mass is 9.97. The Morgan fingerprint density at radius 1 is 1.35 bits per heavy atom. The maximum absolute atomic E-state index is 12.3. The van der Waals surface area contributed by atoms with Gasteiger partial charge in [-0.25, -0.2) is 0 Å². The van der Waals surface area contributed by atoms with Crippen LogP contribution in [-0.4, -0.2) is 43.0 Å². The van der Waals surface area contributed by atoms with E-state index in [-0.39, 0.29) is 24.3 Å². The van der Waals surface area contributed by atoms with Crippen LogP contribution in [0.25, 0.3) is 0 Å². The number of carbonyl (C=O) groups is 2. The third-order valence-corrected chi connectivity index (χ3v) is 4.33. The molecule has 0 aromatic heterocycles. The van der Waals surface area contributed by atoms with Gasteiger partial charge in [0.15, 0.2) is 0 Å². The van der Waals surface area contributed by atoms with Gasteiger partial charge in [0.05, 0.1) is 19.1 Å². The van der Waals surface area contributed by atoms with E-state index in [2.05, 4.69) is 5.32 Å². The van der Waals surface area contributed by atoms with Gasteiger partial charge in [-0.15, -0.1) is 0 Å². The Morgan fingerprint density at radius 2 is 2.04 bits per heavy atom. The first-order valence-electron chi connectivity index (χ1n) is 7.95. The maximum Gasteiger partial charge on any atom is 0.309 e. The zero-order chi connectivity index (χ0) is 16.8. The molecule has 0 atom stereocenters. The molecule has 1 saturated heterocycles. The molecule has 126 valence electrons. The maximum atomic E-state index is 12.3. The number of halogens is 1. The fourth-order valence-corrected chi connectivity index (χ4v) is 2.86. The Bertz CT molecular complexity index is 569. The monoisotopic (exact) mass is 338 g/mol. The summed E-state index contributed by atoms with van der Waals surface area (Å²) in [5.74, 6) is -0.193. The molecule has 23 heavy (non-hydrogen) atoms. The highest BCUT2D eigenvalue weighted by molar-refractivity contribution is 6.30. The van der Waals surface area contributed by atoms with Crippen molar-refractivity contribution in [3.8, 4) is 0 Å². The first kappa shape index (κ1) is 17.6. The average molecular weight is 339 g/mol. The van der Waals surface area contributed by atoms with E-state index in [9.17, 15) is 9.59 Å². The molecule has 1 aliphatic heterocycles. The highest BCUT2D eigenvalue weighted by Crippen LogP contribution is 2.21. The number of aryl methyl sites for hydroxylation is 1. The first-order valence-corrected chi connectivity index (χ1v) is 8.33. The van der Waals surface area contributed by atoms with Gasteiger partial charge < -0.3 is 15.0 Å². The zero-order valence-electron chi connectivity index (χ0n) is 13.6. The highest BCUT2D eigenvalue weighted by Gasteiger charge is 2.27. The molecule has 5 nitrogen and oxygen atoms in total. The van der Waals surface area contributed by atoms with Gasteiger partial charge in [0.1, 0.15) is 0 Å². The van der Waals surface area contributed by atoms with Crippen LogP contribution >= 0.6 is 11.6 Å². The predicted octanol–water partition coefficient (Wildman–Crippen LogP) is 2.86. The number of rotatable bonds is 5. The molecule has 1 N–H and O–H groups in total. The normalized spacial score (nSPS) is 15.3. The molecule has 0 saturated carbocycles. The molecule has 2 rings (SSSR count). The molecule has 1 aromatic rings. The number of hydrogen-bond donors (Lipinski definition) is 1. The Hall–Kier alpha value is -1.75. The molecule has 6 heteroatoms. The smallest absolute Gasteiger partial charge is 0.309 e. The lowest BCUT2D eigenvalue weighted by Gasteiger charge is -2.31. The van der Waals surface area contributed by atoms with Gasteiger partial charge in [-0.2, -0.15) is 0 Å². The summed E-state index contributed by atoms with van der Waals surface area (Å²) in [6.07, 6.45) is 1.33. The van der Waals surface area contributed by atoms with E-state index in [1.54, 1.807) is 11.8 Å². The number of likely N-dealkylation sites (tertiary alicyclic amines) is 1. The molecule has 1 fully saturated rings. The Balaban J connectivity index is 1.81. The van der Waals surface area contributed by atoms with Gasteiger partial charge in [-0.3, -0.25) is 9.59 Å². The Kier molecular flexibility index (Phi) is 6.28. The van der Waals surface area contributed by atoms with Crippen LogP contribution in [0.15, 0.2) is 18.2 Å². The van der Waals surface area contributed by atoms with Crippen LogP contribution in [0.3, 0.4) is 0 Å². The van der Waals surface area contributed by atoms with Gasteiger partial charge in [-0.05, 0) is 44.4 Å². The molecular weight excluding hydrogens is 316 g/mol. The van der Waals surface area contributed by atoms with Crippen molar-refractivity contribution in [1.82, 2.24) is 4.90 Å². The van der Waals surface area contributed by atoms with Crippen LogP contribution in [0.2, 0.25) is 5.02 Å². The van der Waals surface area contributed by atoms with E-state index in [1.807, 2.05) is 25.1 Å². The molecule has 0 aliphatic carbocycles.